The van der Waals surface area contributed by atoms with Crippen molar-refractivity contribution in [3.8, 4) is 0 Å². The van der Waals surface area contributed by atoms with Gasteiger partial charge in [-0.25, -0.2) is 0 Å². The predicted octanol–water partition coefficient (Wildman–Crippen LogP) is 1.93. The summed E-state index contributed by atoms with van der Waals surface area (Å²) in [6.45, 7) is 0. The molecule has 0 fully saturated rings. The van der Waals surface area contributed by atoms with Crippen molar-refractivity contribution in [2.75, 3.05) is 0 Å². The molecule has 66 valence electrons. The first-order chi connectivity index (χ1) is 5.72. The third kappa shape index (κ3) is 3.04. The van der Waals surface area contributed by atoms with Crippen molar-refractivity contribution in [2.24, 2.45) is 16.7 Å². The number of halogens is 1. The zero-order valence-electron chi connectivity index (χ0n) is 6.16. The van der Waals surface area contributed by atoms with E-state index in [4.69, 9.17) is 11.6 Å². The number of rotatable bonds is 2. The number of hydrogen-bond donors (Lipinski definition) is 2. The molecule has 0 unspecified atom stereocenters. The van der Waals surface area contributed by atoms with Crippen molar-refractivity contribution in [3.63, 3.8) is 0 Å². The summed E-state index contributed by atoms with van der Waals surface area (Å²) in [6.07, 6.45) is 0. The standard InChI is InChI=1S/C6H8BrN3S2/c7-5-1-4(2-11-5)3-12-6(8)10-9/h1-2H,3,9H2,(H2,8,10). The topological polar surface area (TPSA) is 64.4 Å². The Bertz CT molecular complexity index is 284. The number of hydrazone groups is 1. The lowest BCUT2D eigenvalue weighted by atomic mass is 10.4. The van der Waals surface area contributed by atoms with Crippen LogP contribution in [0.2, 0.25) is 0 Å². The molecule has 0 spiro atoms. The van der Waals surface area contributed by atoms with Gasteiger partial charge < -0.3 is 11.6 Å². The van der Waals surface area contributed by atoms with Crippen molar-refractivity contribution >= 4 is 44.2 Å². The lowest BCUT2D eigenvalue weighted by Gasteiger charge is -1.95. The second kappa shape index (κ2) is 4.74. The van der Waals surface area contributed by atoms with E-state index in [9.17, 15) is 0 Å². The van der Waals surface area contributed by atoms with E-state index in [0.717, 1.165) is 9.54 Å². The van der Waals surface area contributed by atoms with Crippen LogP contribution in [-0.4, -0.2) is 5.17 Å². The average Bonchev–Trinajstić information content (AvgIpc) is 2.47. The van der Waals surface area contributed by atoms with Crippen molar-refractivity contribution in [2.45, 2.75) is 5.75 Å². The number of nitrogens with two attached hydrogens (primary N) is 2. The molecule has 12 heavy (non-hydrogen) atoms. The SMILES string of the molecule is NN=C(N)SCc1csc(Br)c1. The zero-order valence-corrected chi connectivity index (χ0v) is 9.38. The average molecular weight is 266 g/mol. The van der Waals surface area contributed by atoms with Crippen LogP contribution < -0.4 is 11.6 Å². The molecule has 0 saturated carbocycles. The molecule has 0 radical (unpaired) electrons. The van der Waals surface area contributed by atoms with Crippen LogP contribution in [0.15, 0.2) is 20.3 Å². The highest BCUT2D eigenvalue weighted by Crippen LogP contribution is 2.23. The van der Waals surface area contributed by atoms with Crippen LogP contribution in [0.3, 0.4) is 0 Å². The molecule has 6 heteroatoms. The fraction of sp³-hybridized carbons (Fsp3) is 0.167. The van der Waals surface area contributed by atoms with E-state index in [2.05, 4.69) is 32.5 Å². The molecular weight excluding hydrogens is 258 g/mol. The van der Waals surface area contributed by atoms with Crippen LogP contribution in [0.4, 0.5) is 0 Å². The monoisotopic (exact) mass is 265 g/mol. The van der Waals surface area contributed by atoms with Gasteiger partial charge in [-0.2, -0.15) is 5.10 Å². The maximum absolute atomic E-state index is 5.41. The third-order valence-electron chi connectivity index (χ3n) is 1.14. The van der Waals surface area contributed by atoms with E-state index in [1.807, 2.05) is 0 Å². The van der Waals surface area contributed by atoms with Crippen LogP contribution in [0.5, 0.6) is 0 Å². The van der Waals surface area contributed by atoms with Gasteiger partial charge in [-0.05, 0) is 32.9 Å². The molecule has 0 aliphatic rings. The Morgan fingerprint density at radius 3 is 3.00 bits per heavy atom. The minimum atomic E-state index is 0.414. The zero-order chi connectivity index (χ0) is 8.97. The predicted molar refractivity (Wildman–Crippen MR) is 59.1 cm³/mol. The molecule has 0 aliphatic carbocycles. The van der Waals surface area contributed by atoms with Gasteiger partial charge in [0.2, 0.25) is 0 Å². The third-order valence-corrected chi connectivity index (χ3v) is 3.57. The van der Waals surface area contributed by atoms with Crippen molar-refractivity contribution in [1.82, 2.24) is 0 Å². The van der Waals surface area contributed by atoms with Gasteiger partial charge in [-0.1, -0.05) is 11.8 Å². The molecule has 1 rings (SSSR count). The summed E-state index contributed by atoms with van der Waals surface area (Å²) >= 11 is 6.47. The van der Waals surface area contributed by atoms with Gasteiger partial charge in [0, 0.05) is 5.75 Å². The molecule has 0 amide bonds. The Hall–Kier alpha value is -0.200. The normalized spacial score (nSPS) is 11.9. The van der Waals surface area contributed by atoms with E-state index in [1.54, 1.807) is 11.3 Å². The molecule has 0 atom stereocenters. The second-order valence-electron chi connectivity index (χ2n) is 2.02. The summed E-state index contributed by atoms with van der Waals surface area (Å²) < 4.78 is 1.13. The summed E-state index contributed by atoms with van der Waals surface area (Å²) in [6, 6.07) is 2.06. The molecule has 3 nitrogen and oxygen atoms in total. The van der Waals surface area contributed by atoms with E-state index in [0.29, 0.717) is 5.17 Å². The van der Waals surface area contributed by atoms with E-state index < -0.39 is 0 Å². The summed E-state index contributed by atoms with van der Waals surface area (Å²) in [5.41, 5.74) is 6.63. The van der Waals surface area contributed by atoms with Gasteiger partial charge in [0.1, 0.15) is 0 Å². The van der Waals surface area contributed by atoms with Crippen molar-refractivity contribution in [1.29, 1.82) is 0 Å². The highest BCUT2D eigenvalue weighted by Gasteiger charge is 1.98. The fourth-order valence-electron chi connectivity index (χ4n) is 0.616. The van der Waals surface area contributed by atoms with Crippen molar-refractivity contribution in [3.05, 3.63) is 20.8 Å². The molecule has 0 bridgehead atoms. The molecule has 1 heterocycles. The largest absolute Gasteiger partial charge is 0.377 e. The Morgan fingerprint density at radius 2 is 2.50 bits per heavy atom. The van der Waals surface area contributed by atoms with E-state index >= 15 is 0 Å². The van der Waals surface area contributed by atoms with Gasteiger partial charge >= 0.3 is 0 Å². The Labute approximate surface area is 87.3 Å². The first-order valence-electron chi connectivity index (χ1n) is 3.11. The molecule has 4 N–H and O–H groups in total. The fourth-order valence-corrected chi connectivity index (χ4v) is 2.49. The van der Waals surface area contributed by atoms with Crippen LogP contribution in [-0.2, 0) is 5.75 Å². The molecule has 0 saturated heterocycles. The van der Waals surface area contributed by atoms with Gasteiger partial charge in [-0.3, -0.25) is 0 Å². The van der Waals surface area contributed by atoms with Gasteiger partial charge in [-0.15, -0.1) is 11.3 Å². The lowest BCUT2D eigenvalue weighted by molar-refractivity contribution is 1.25. The molecule has 1 aromatic rings. The summed E-state index contributed by atoms with van der Waals surface area (Å²) in [7, 11) is 0. The highest BCUT2D eigenvalue weighted by molar-refractivity contribution is 9.11. The van der Waals surface area contributed by atoms with Crippen LogP contribution in [0.25, 0.3) is 0 Å². The Kier molecular flexibility index (Phi) is 3.90. The summed E-state index contributed by atoms with van der Waals surface area (Å²) in [5, 5.41) is 5.84. The summed E-state index contributed by atoms with van der Waals surface area (Å²) in [5.74, 6) is 5.79. The summed E-state index contributed by atoms with van der Waals surface area (Å²) in [4.78, 5) is 0. The van der Waals surface area contributed by atoms with E-state index in [1.165, 1.54) is 17.3 Å². The van der Waals surface area contributed by atoms with Gasteiger partial charge in [0.05, 0.1) is 3.79 Å². The maximum Gasteiger partial charge on any atom is 0.177 e. The first kappa shape index (κ1) is 9.88. The minimum absolute atomic E-state index is 0.414. The van der Waals surface area contributed by atoms with Crippen molar-refractivity contribution < 1.29 is 0 Å². The van der Waals surface area contributed by atoms with Crippen LogP contribution in [0.1, 0.15) is 5.56 Å². The lowest BCUT2D eigenvalue weighted by Crippen LogP contribution is -2.09. The number of thiophene rings is 1. The number of hydrogen-bond acceptors (Lipinski definition) is 4. The number of thioether (sulfide) groups is 1. The quantitative estimate of drug-likeness (QED) is 0.372. The Morgan fingerprint density at radius 1 is 1.75 bits per heavy atom. The van der Waals surface area contributed by atoms with Gasteiger partial charge in [0.25, 0.3) is 0 Å². The maximum atomic E-state index is 5.41. The molecule has 0 aliphatic heterocycles. The Balaban J connectivity index is 2.43. The molecule has 0 aromatic carbocycles. The molecular formula is C6H8BrN3S2. The number of nitrogens with zero attached hydrogens (tertiary/aromatic N) is 1. The number of amidine groups is 1. The highest BCUT2D eigenvalue weighted by atomic mass is 79.9. The van der Waals surface area contributed by atoms with Crippen LogP contribution >= 0.6 is 39.0 Å². The van der Waals surface area contributed by atoms with E-state index in [-0.39, 0.29) is 0 Å². The smallest absolute Gasteiger partial charge is 0.177 e. The molecule has 1 aromatic heterocycles. The van der Waals surface area contributed by atoms with Gasteiger partial charge in [0.15, 0.2) is 5.17 Å². The first-order valence-corrected chi connectivity index (χ1v) is 5.77. The second-order valence-corrected chi connectivity index (χ2v) is 5.30. The van der Waals surface area contributed by atoms with Crippen LogP contribution in [0, 0.1) is 0 Å². The minimum Gasteiger partial charge on any atom is -0.377 e.